The number of nitrogens with zero attached hydrogens (tertiary/aromatic N) is 2. The van der Waals surface area contributed by atoms with Gasteiger partial charge in [-0.3, -0.25) is 9.48 Å². The minimum Gasteiger partial charge on any atom is -0.383 e. The molecule has 3 N–H and O–H groups in total. The molecule has 7 heteroatoms. The van der Waals surface area contributed by atoms with E-state index >= 15 is 0 Å². The number of amides is 1. The number of para-hydroxylation sites is 1. The molecule has 0 aliphatic heterocycles. The number of anilines is 2. The van der Waals surface area contributed by atoms with Gasteiger partial charge in [-0.2, -0.15) is 5.10 Å². The molecule has 0 unspecified atom stereocenters. The van der Waals surface area contributed by atoms with Crippen LogP contribution in [-0.2, 0) is 7.05 Å². The molecule has 1 heterocycles. The first-order valence-electron chi connectivity index (χ1n) is 5.03. The number of nitrogen functional groups attached to an aromatic ring is 1. The Bertz CT molecular complexity index is 589. The van der Waals surface area contributed by atoms with Crippen molar-refractivity contribution in [2.45, 2.75) is 0 Å². The molecule has 0 saturated heterocycles. The highest BCUT2D eigenvalue weighted by molar-refractivity contribution is 6.07. The molecular formula is C11H10F2N4O. The van der Waals surface area contributed by atoms with Crippen LogP contribution in [0, 0.1) is 11.6 Å². The number of hydrogen-bond donors (Lipinski definition) is 2. The van der Waals surface area contributed by atoms with Gasteiger partial charge in [-0.1, -0.05) is 6.07 Å². The summed E-state index contributed by atoms with van der Waals surface area (Å²) in [6, 6.07) is 3.30. The van der Waals surface area contributed by atoms with Crippen LogP contribution in [0.25, 0.3) is 0 Å². The maximum absolute atomic E-state index is 13.3. The third kappa shape index (κ3) is 2.02. The van der Waals surface area contributed by atoms with Crippen molar-refractivity contribution in [3.8, 4) is 0 Å². The van der Waals surface area contributed by atoms with E-state index in [1.54, 1.807) is 7.05 Å². The van der Waals surface area contributed by atoms with Gasteiger partial charge >= 0.3 is 0 Å². The molecule has 0 aliphatic carbocycles. The van der Waals surface area contributed by atoms with Crippen LogP contribution < -0.4 is 11.1 Å². The molecule has 0 bridgehead atoms. The summed E-state index contributed by atoms with van der Waals surface area (Å²) in [4.78, 5) is 11.8. The number of carbonyl (C=O) groups excluding carboxylic acids is 1. The van der Waals surface area contributed by atoms with E-state index in [2.05, 4.69) is 10.4 Å². The predicted octanol–water partition coefficient (Wildman–Crippen LogP) is 1.53. The quantitative estimate of drug-likeness (QED) is 0.851. The summed E-state index contributed by atoms with van der Waals surface area (Å²) >= 11 is 0. The maximum atomic E-state index is 13.3. The molecule has 1 aromatic carbocycles. The summed E-state index contributed by atoms with van der Waals surface area (Å²) in [6.45, 7) is 0. The molecular weight excluding hydrogens is 242 g/mol. The minimum atomic E-state index is -0.856. The lowest BCUT2D eigenvalue weighted by Crippen LogP contribution is -2.15. The predicted molar refractivity (Wildman–Crippen MR) is 61.9 cm³/mol. The molecule has 2 rings (SSSR count). The lowest BCUT2D eigenvalue weighted by Gasteiger charge is -2.06. The standard InChI is InChI=1S/C11H10F2N4O/c1-17-10(14)6(5-15-17)11(18)16-9-7(12)3-2-4-8(9)13/h2-5H,14H2,1H3,(H,16,18). The largest absolute Gasteiger partial charge is 0.383 e. The van der Waals surface area contributed by atoms with Gasteiger partial charge in [-0.05, 0) is 12.1 Å². The Balaban J connectivity index is 2.30. The number of rotatable bonds is 2. The van der Waals surface area contributed by atoms with Gasteiger partial charge in [0.15, 0.2) is 0 Å². The van der Waals surface area contributed by atoms with Gasteiger partial charge < -0.3 is 11.1 Å². The summed E-state index contributed by atoms with van der Waals surface area (Å²) in [6.07, 6.45) is 1.23. The Hall–Kier alpha value is -2.44. The summed E-state index contributed by atoms with van der Waals surface area (Å²) in [5.41, 5.74) is 5.13. The van der Waals surface area contributed by atoms with E-state index in [1.807, 2.05) is 0 Å². The fourth-order valence-corrected chi connectivity index (χ4v) is 1.42. The van der Waals surface area contributed by atoms with Crippen molar-refractivity contribution in [2.75, 3.05) is 11.1 Å². The zero-order valence-corrected chi connectivity index (χ0v) is 9.45. The van der Waals surface area contributed by atoms with Gasteiger partial charge in [0.1, 0.15) is 28.7 Å². The van der Waals surface area contributed by atoms with Crippen LogP contribution >= 0.6 is 0 Å². The van der Waals surface area contributed by atoms with Gasteiger partial charge in [-0.15, -0.1) is 0 Å². The van der Waals surface area contributed by atoms with E-state index in [0.717, 1.165) is 12.1 Å². The first-order valence-corrected chi connectivity index (χ1v) is 5.03. The normalized spacial score (nSPS) is 10.4. The fourth-order valence-electron chi connectivity index (χ4n) is 1.42. The van der Waals surface area contributed by atoms with E-state index in [-0.39, 0.29) is 11.4 Å². The van der Waals surface area contributed by atoms with Crippen molar-refractivity contribution < 1.29 is 13.6 Å². The van der Waals surface area contributed by atoms with Crippen molar-refractivity contribution in [3.63, 3.8) is 0 Å². The van der Waals surface area contributed by atoms with Crippen LogP contribution in [-0.4, -0.2) is 15.7 Å². The van der Waals surface area contributed by atoms with Gasteiger partial charge in [0.05, 0.1) is 6.20 Å². The van der Waals surface area contributed by atoms with Crippen molar-refractivity contribution in [3.05, 3.63) is 41.6 Å². The highest BCUT2D eigenvalue weighted by Gasteiger charge is 2.17. The van der Waals surface area contributed by atoms with E-state index in [9.17, 15) is 13.6 Å². The van der Waals surface area contributed by atoms with Crippen molar-refractivity contribution in [1.82, 2.24) is 9.78 Å². The molecule has 0 spiro atoms. The molecule has 0 radical (unpaired) electrons. The average molecular weight is 252 g/mol. The molecule has 0 aliphatic rings. The third-order valence-electron chi connectivity index (χ3n) is 2.43. The van der Waals surface area contributed by atoms with E-state index in [0.29, 0.717) is 0 Å². The summed E-state index contributed by atoms with van der Waals surface area (Å²) in [7, 11) is 1.55. The molecule has 18 heavy (non-hydrogen) atoms. The Kier molecular flexibility index (Phi) is 2.97. The van der Waals surface area contributed by atoms with Gasteiger partial charge in [0, 0.05) is 7.05 Å². The van der Waals surface area contributed by atoms with Crippen molar-refractivity contribution in [1.29, 1.82) is 0 Å². The number of aryl methyl sites for hydroxylation is 1. The minimum absolute atomic E-state index is 0.0557. The maximum Gasteiger partial charge on any atom is 0.261 e. The Morgan fingerprint density at radius 2 is 2.00 bits per heavy atom. The molecule has 1 amide bonds. The van der Waals surface area contributed by atoms with Gasteiger partial charge in [0.25, 0.3) is 5.91 Å². The number of carbonyl (C=O) groups is 1. The second kappa shape index (κ2) is 4.44. The molecule has 0 fully saturated rings. The average Bonchev–Trinajstić information content (AvgIpc) is 2.65. The second-order valence-corrected chi connectivity index (χ2v) is 3.62. The van der Waals surface area contributed by atoms with Crippen LogP contribution in [0.2, 0.25) is 0 Å². The van der Waals surface area contributed by atoms with Crippen molar-refractivity contribution >= 4 is 17.4 Å². The summed E-state index contributed by atoms with van der Waals surface area (Å²) in [5, 5.41) is 5.89. The Morgan fingerprint density at radius 3 is 2.50 bits per heavy atom. The lowest BCUT2D eigenvalue weighted by molar-refractivity contribution is 0.102. The first kappa shape index (κ1) is 12.0. The van der Waals surface area contributed by atoms with E-state index in [1.165, 1.54) is 16.9 Å². The van der Waals surface area contributed by atoms with Crippen LogP contribution in [0.15, 0.2) is 24.4 Å². The molecule has 94 valence electrons. The number of benzene rings is 1. The second-order valence-electron chi connectivity index (χ2n) is 3.62. The fraction of sp³-hybridized carbons (Fsp3) is 0.0909. The summed E-state index contributed by atoms with van der Waals surface area (Å²) in [5.74, 6) is -2.31. The molecule has 0 saturated carbocycles. The monoisotopic (exact) mass is 252 g/mol. The topological polar surface area (TPSA) is 72.9 Å². The Morgan fingerprint density at radius 1 is 1.39 bits per heavy atom. The van der Waals surface area contributed by atoms with Crippen LogP contribution in [0.3, 0.4) is 0 Å². The van der Waals surface area contributed by atoms with Crippen molar-refractivity contribution in [2.24, 2.45) is 7.05 Å². The molecule has 2 aromatic rings. The van der Waals surface area contributed by atoms with Crippen LogP contribution in [0.4, 0.5) is 20.3 Å². The number of aromatic nitrogens is 2. The van der Waals surface area contributed by atoms with Gasteiger partial charge in [-0.25, -0.2) is 8.78 Å². The van der Waals surface area contributed by atoms with Crippen LogP contribution in [0.5, 0.6) is 0 Å². The third-order valence-corrected chi connectivity index (χ3v) is 2.43. The summed E-state index contributed by atoms with van der Waals surface area (Å²) < 4.78 is 27.9. The highest BCUT2D eigenvalue weighted by atomic mass is 19.1. The number of nitrogens with two attached hydrogens (primary N) is 1. The lowest BCUT2D eigenvalue weighted by atomic mass is 10.2. The number of hydrogen-bond acceptors (Lipinski definition) is 3. The van der Waals surface area contributed by atoms with E-state index in [4.69, 9.17) is 5.73 Å². The smallest absolute Gasteiger partial charge is 0.261 e. The van der Waals surface area contributed by atoms with Crippen LogP contribution in [0.1, 0.15) is 10.4 Å². The zero-order valence-electron chi connectivity index (χ0n) is 9.45. The zero-order chi connectivity index (χ0) is 13.3. The molecule has 0 atom stereocenters. The first-order chi connectivity index (χ1) is 8.50. The molecule has 5 nitrogen and oxygen atoms in total. The highest BCUT2D eigenvalue weighted by Crippen LogP contribution is 2.20. The number of nitrogens with one attached hydrogen (secondary N) is 1. The SMILES string of the molecule is Cn1ncc(C(=O)Nc2c(F)cccc2F)c1N. The molecule has 1 aromatic heterocycles. The van der Waals surface area contributed by atoms with E-state index < -0.39 is 23.2 Å². The Labute approximate surface area is 101 Å². The number of halogens is 2. The van der Waals surface area contributed by atoms with Gasteiger partial charge in [0.2, 0.25) is 0 Å².